The van der Waals surface area contributed by atoms with Crippen molar-refractivity contribution >= 4 is 23.8 Å². The molecule has 0 aliphatic heterocycles. The maximum absolute atomic E-state index is 4.16. The molecule has 4 heteroatoms. The Bertz CT molecular complexity index is 895. The van der Waals surface area contributed by atoms with Crippen LogP contribution >= 0.6 is 0 Å². The van der Waals surface area contributed by atoms with E-state index >= 15 is 0 Å². The first-order valence-corrected chi connectivity index (χ1v) is 9.34. The van der Waals surface area contributed by atoms with Crippen LogP contribution in [0.1, 0.15) is 65.8 Å². The van der Waals surface area contributed by atoms with E-state index in [0.717, 1.165) is 11.4 Å². The smallest absolute Gasteiger partial charge is 0.103 e. The van der Waals surface area contributed by atoms with Crippen molar-refractivity contribution in [1.82, 2.24) is 0 Å². The molecule has 0 aromatic heterocycles. The normalized spacial score (nSPS) is 10.4. The Morgan fingerprint density at radius 2 is 1.10 bits per heavy atom. The minimum atomic E-state index is 0. The first kappa shape index (κ1) is 34.6. The second kappa shape index (κ2) is 15.7. The summed E-state index contributed by atoms with van der Waals surface area (Å²) < 4.78 is 1.99. The Hall–Kier alpha value is -0.0122. The molecule has 0 saturated carbocycles. The van der Waals surface area contributed by atoms with Gasteiger partial charge in [-0.2, -0.15) is 45.2 Å². The van der Waals surface area contributed by atoms with E-state index in [0.29, 0.717) is 0 Å². The van der Waals surface area contributed by atoms with Crippen LogP contribution in [0.25, 0.3) is 0 Å². The maximum atomic E-state index is 4.16. The number of aliphatic imine (C=N–C) groups is 1. The zero-order valence-corrected chi connectivity index (χ0v) is 25.7. The molecule has 0 N–H and O–H groups in total. The van der Waals surface area contributed by atoms with E-state index in [1.54, 1.807) is 6.92 Å². The van der Waals surface area contributed by atoms with Crippen molar-refractivity contribution in [2.45, 2.75) is 76.7 Å². The number of hydrogen-bond donors (Lipinski definition) is 0. The third-order valence-corrected chi connectivity index (χ3v) is 5.59. The Morgan fingerprint density at radius 3 is 1.53 bits per heavy atom. The van der Waals surface area contributed by atoms with Gasteiger partial charge in [0.2, 0.25) is 0 Å². The van der Waals surface area contributed by atoms with Gasteiger partial charge in [0.05, 0.1) is 0 Å². The average Bonchev–Trinajstić information content (AvgIpc) is 2.65. The molecule has 2 rings (SSSR count). The SMILES string of the molecule is C.C[C-]=Nc1[c-]c(C)c(C)c(C)c1C.C[C-]=[N+](C)c1[c-]c(C)c(C)c(C)c1C.[Y].[Y]. The molecule has 2 aromatic carbocycles. The fourth-order valence-electron chi connectivity index (χ4n) is 2.88. The van der Waals surface area contributed by atoms with E-state index in [9.17, 15) is 0 Å². The van der Waals surface area contributed by atoms with Crippen LogP contribution in [0.3, 0.4) is 0 Å². The predicted octanol–water partition coefficient (Wildman–Crippen LogP) is 6.91. The molecule has 2 nitrogen and oxygen atoms in total. The van der Waals surface area contributed by atoms with E-state index in [1.165, 1.54) is 44.5 Å². The summed E-state index contributed by atoms with van der Waals surface area (Å²) in [4.78, 5) is 4.16. The molecule has 0 fully saturated rings. The third kappa shape index (κ3) is 8.49. The van der Waals surface area contributed by atoms with Crippen molar-refractivity contribution in [2.24, 2.45) is 4.99 Å². The van der Waals surface area contributed by atoms with E-state index in [2.05, 4.69) is 84.9 Å². The van der Waals surface area contributed by atoms with Gasteiger partial charge >= 0.3 is 0 Å². The van der Waals surface area contributed by atoms with Crippen LogP contribution in [-0.4, -0.2) is 24.1 Å². The van der Waals surface area contributed by atoms with E-state index < -0.39 is 0 Å². The van der Waals surface area contributed by atoms with Crippen molar-refractivity contribution in [3.8, 4) is 0 Å². The monoisotopic (exact) mass is 555 g/mol. The van der Waals surface area contributed by atoms with Gasteiger partial charge < -0.3 is 9.57 Å². The number of nitrogens with zero attached hydrogens (tertiary/aromatic N) is 2. The van der Waals surface area contributed by atoms with Crippen LogP contribution in [0.15, 0.2) is 4.99 Å². The first-order valence-electron chi connectivity index (χ1n) is 9.34. The van der Waals surface area contributed by atoms with Gasteiger partial charge in [-0.3, -0.25) is 6.07 Å². The molecule has 30 heavy (non-hydrogen) atoms. The maximum Gasteiger partial charge on any atom is 0.103 e. The van der Waals surface area contributed by atoms with Crippen LogP contribution in [0.4, 0.5) is 11.4 Å². The first-order chi connectivity index (χ1) is 12.6. The molecule has 0 aliphatic rings. The summed E-state index contributed by atoms with van der Waals surface area (Å²) in [6.45, 7) is 20.7. The van der Waals surface area contributed by atoms with Crippen LogP contribution in [-0.2, 0) is 65.4 Å². The van der Waals surface area contributed by atoms with Crippen molar-refractivity contribution in [2.75, 3.05) is 7.05 Å². The van der Waals surface area contributed by atoms with Gasteiger partial charge in [-0.05, 0) is 0 Å². The molecule has 0 atom stereocenters. The van der Waals surface area contributed by atoms with Gasteiger partial charge in [-0.25, -0.2) is 17.3 Å². The summed E-state index contributed by atoms with van der Waals surface area (Å²) in [6, 6.07) is 6.66. The zero-order valence-electron chi connectivity index (χ0n) is 20.0. The Morgan fingerprint density at radius 1 is 0.667 bits per heavy atom. The summed E-state index contributed by atoms with van der Waals surface area (Å²) in [7, 11) is 2.01. The molecule has 0 heterocycles. The van der Waals surface area contributed by atoms with Crippen molar-refractivity contribution < 1.29 is 70.0 Å². The van der Waals surface area contributed by atoms with Gasteiger partial charge in [-0.15, -0.1) is 13.8 Å². The van der Waals surface area contributed by atoms with Crippen LogP contribution < -0.4 is 0 Å². The van der Waals surface area contributed by atoms with Crippen molar-refractivity contribution in [3.63, 3.8) is 0 Å². The zero-order chi connectivity index (χ0) is 20.9. The largest absolute Gasteiger partial charge is 0.482 e. The summed E-state index contributed by atoms with van der Waals surface area (Å²) in [6.07, 6.45) is 5.89. The van der Waals surface area contributed by atoms with E-state index in [4.69, 9.17) is 0 Å². The van der Waals surface area contributed by atoms with E-state index in [-0.39, 0.29) is 72.8 Å². The second-order valence-corrected chi connectivity index (χ2v) is 7.07. The summed E-state index contributed by atoms with van der Waals surface area (Å²) in [5.74, 6) is 0. The predicted molar refractivity (Wildman–Crippen MR) is 124 cm³/mol. The van der Waals surface area contributed by atoms with Crippen LogP contribution in [0.2, 0.25) is 0 Å². The van der Waals surface area contributed by atoms with Gasteiger partial charge in [0.1, 0.15) is 7.05 Å². The molecule has 2 radical (unpaired) electrons. The summed E-state index contributed by atoms with van der Waals surface area (Å²) in [5, 5.41) is 0. The molecular weight excluding hydrogens is 518 g/mol. The van der Waals surface area contributed by atoms with Crippen molar-refractivity contribution in [1.29, 1.82) is 0 Å². The Kier molecular flexibility index (Phi) is 18.1. The molecule has 0 amide bonds. The third-order valence-electron chi connectivity index (χ3n) is 5.59. The summed E-state index contributed by atoms with van der Waals surface area (Å²) >= 11 is 0. The standard InChI is InChI=1S/C13H18N.C12H15N.CH4.2Y/c1-7-14(6)13-8-9(2)10(3)11(4)12(13)5;1-6-13-12-7-8(2)9(3)10(4)11(12)5;;;/h1-6H3;1-5H3;1H4;;/q-1;-2;;;. The van der Waals surface area contributed by atoms with E-state index in [1.807, 2.05) is 18.5 Å². The molecule has 0 spiro atoms. The minimum Gasteiger partial charge on any atom is -0.482 e. The molecule has 0 bridgehead atoms. The Labute approximate surface area is 236 Å². The molecule has 160 valence electrons. The van der Waals surface area contributed by atoms with Crippen LogP contribution in [0, 0.1) is 67.5 Å². The van der Waals surface area contributed by atoms with Gasteiger partial charge in [0, 0.05) is 71.6 Å². The second-order valence-electron chi connectivity index (χ2n) is 7.07. The molecular formula is C26H37N2Y2-3. The quantitative estimate of drug-likeness (QED) is 0.218. The fraction of sp³-hybridized carbons (Fsp3) is 0.462. The average molecular weight is 555 g/mol. The van der Waals surface area contributed by atoms with Gasteiger partial charge in [0.25, 0.3) is 0 Å². The molecule has 0 unspecified atom stereocenters. The molecule has 0 saturated heterocycles. The van der Waals surface area contributed by atoms with Gasteiger partial charge in [0.15, 0.2) is 0 Å². The summed E-state index contributed by atoms with van der Waals surface area (Å²) in [5.41, 5.74) is 12.3. The Balaban J connectivity index is -0.000000443. The van der Waals surface area contributed by atoms with Crippen molar-refractivity contribution in [3.05, 3.63) is 56.6 Å². The molecule has 2 aromatic rings. The number of rotatable bonds is 2. The number of hydrogen-bond acceptors (Lipinski definition) is 1. The fourth-order valence-corrected chi connectivity index (χ4v) is 2.88. The number of benzene rings is 2. The minimum absolute atomic E-state index is 0. The van der Waals surface area contributed by atoms with Gasteiger partial charge in [-0.1, -0.05) is 68.5 Å². The number of aryl methyl sites for hydroxylation is 2. The topological polar surface area (TPSA) is 15.4 Å². The van der Waals surface area contributed by atoms with Crippen LogP contribution in [0.5, 0.6) is 0 Å². The molecule has 0 aliphatic carbocycles.